The van der Waals surface area contributed by atoms with Crippen molar-refractivity contribution in [3.63, 3.8) is 0 Å². The molecule has 1 fully saturated rings. The smallest absolute Gasteiger partial charge is 0.311 e. The molecule has 1 N–H and O–H groups in total. The molecule has 1 saturated carbocycles. The summed E-state index contributed by atoms with van der Waals surface area (Å²) in [4.78, 5) is 11.7. The zero-order valence-corrected chi connectivity index (χ0v) is 10.2. The van der Waals surface area contributed by atoms with Crippen LogP contribution in [0.5, 0.6) is 0 Å². The predicted molar refractivity (Wildman–Crippen MR) is 60.8 cm³/mol. The number of hydrogen-bond donors (Lipinski definition) is 1. The average molecular weight is 224 g/mol. The minimum absolute atomic E-state index is 0.262. The number of hydrogen-bond acceptors (Lipinski definition) is 3. The third-order valence-electron chi connectivity index (χ3n) is 4.46. The molecule has 3 rings (SSSR count). The highest BCUT2D eigenvalue weighted by molar-refractivity contribution is 5.75. The van der Waals surface area contributed by atoms with Gasteiger partial charge < -0.3 is 9.84 Å². The Hall–Kier alpha value is -0.830. The average Bonchev–Trinajstić information content (AvgIpc) is 2.30. The minimum Gasteiger partial charge on any atom is -0.469 e. The van der Waals surface area contributed by atoms with E-state index in [1.165, 1.54) is 12.7 Å². The van der Waals surface area contributed by atoms with Gasteiger partial charge in [-0.25, -0.2) is 0 Å². The normalized spacial score (nSPS) is 37.8. The van der Waals surface area contributed by atoms with Gasteiger partial charge in [-0.2, -0.15) is 0 Å². The second-order valence-corrected chi connectivity index (χ2v) is 4.98. The third-order valence-corrected chi connectivity index (χ3v) is 4.46. The standard InChI is InChI=1S/C13H20O3/c1-4-10-8(2)13(15)6-5-9(10)7-11(13)12(14)16-3/h9,11,15H,4-7H2,1-3H3/t9-,11-,13+/m0/s1. The van der Waals surface area contributed by atoms with E-state index in [0.29, 0.717) is 12.3 Å². The van der Waals surface area contributed by atoms with Crippen LogP contribution in [0, 0.1) is 11.8 Å². The Bertz CT molecular complexity index is 345. The molecule has 0 radical (unpaired) electrons. The van der Waals surface area contributed by atoms with Crippen molar-refractivity contribution < 1.29 is 14.6 Å². The van der Waals surface area contributed by atoms with Gasteiger partial charge in [0.25, 0.3) is 0 Å². The molecule has 90 valence electrons. The molecule has 0 aromatic rings. The van der Waals surface area contributed by atoms with E-state index in [0.717, 1.165) is 24.8 Å². The first-order chi connectivity index (χ1) is 7.54. The summed E-state index contributed by atoms with van der Waals surface area (Å²) in [6.07, 6.45) is 3.44. The number of esters is 1. The molecule has 3 aliphatic rings. The van der Waals surface area contributed by atoms with Crippen LogP contribution in [0.3, 0.4) is 0 Å². The number of rotatable bonds is 2. The molecule has 0 spiro atoms. The van der Waals surface area contributed by atoms with E-state index in [2.05, 4.69) is 6.92 Å². The fourth-order valence-electron chi connectivity index (χ4n) is 3.50. The van der Waals surface area contributed by atoms with Gasteiger partial charge in [-0.05, 0) is 44.1 Å². The molecular formula is C13H20O3. The van der Waals surface area contributed by atoms with Crippen molar-refractivity contribution in [2.75, 3.05) is 7.11 Å². The maximum absolute atomic E-state index is 11.7. The summed E-state index contributed by atoms with van der Waals surface area (Å²) in [5.74, 6) is -0.142. The molecule has 3 nitrogen and oxygen atoms in total. The van der Waals surface area contributed by atoms with E-state index >= 15 is 0 Å². The van der Waals surface area contributed by atoms with Crippen LogP contribution >= 0.6 is 0 Å². The van der Waals surface area contributed by atoms with Crippen LogP contribution in [-0.4, -0.2) is 23.8 Å². The van der Waals surface area contributed by atoms with Crippen LogP contribution in [0.2, 0.25) is 0 Å². The monoisotopic (exact) mass is 224 g/mol. The van der Waals surface area contributed by atoms with Crippen LogP contribution in [0.25, 0.3) is 0 Å². The Kier molecular flexibility index (Phi) is 2.82. The molecule has 0 aromatic carbocycles. The maximum atomic E-state index is 11.7. The van der Waals surface area contributed by atoms with Crippen molar-refractivity contribution in [1.82, 2.24) is 0 Å². The quantitative estimate of drug-likeness (QED) is 0.577. The molecule has 0 aliphatic heterocycles. The number of methoxy groups -OCH3 is 1. The molecule has 16 heavy (non-hydrogen) atoms. The number of aliphatic hydroxyl groups is 1. The van der Waals surface area contributed by atoms with Gasteiger partial charge in [0.15, 0.2) is 0 Å². The van der Waals surface area contributed by atoms with Crippen molar-refractivity contribution in [3.8, 4) is 0 Å². The fraction of sp³-hybridized carbons (Fsp3) is 0.769. The SMILES string of the molecule is CCC1=C(C)[C@]2(O)CC[C@H]1C[C@H]2C(=O)OC. The number of allylic oxidation sites excluding steroid dienone is 1. The third kappa shape index (κ3) is 1.41. The lowest BCUT2D eigenvalue weighted by molar-refractivity contribution is -0.159. The van der Waals surface area contributed by atoms with Crippen LogP contribution in [0.4, 0.5) is 0 Å². The number of carbonyl (C=O) groups excluding carboxylic acids is 1. The van der Waals surface area contributed by atoms with Crippen LogP contribution < -0.4 is 0 Å². The van der Waals surface area contributed by atoms with Crippen LogP contribution in [-0.2, 0) is 9.53 Å². The van der Waals surface area contributed by atoms with Gasteiger partial charge in [-0.1, -0.05) is 12.5 Å². The van der Waals surface area contributed by atoms with Crippen molar-refractivity contribution in [3.05, 3.63) is 11.1 Å². The van der Waals surface area contributed by atoms with E-state index in [9.17, 15) is 9.90 Å². The van der Waals surface area contributed by atoms with Crippen LogP contribution in [0.1, 0.15) is 39.5 Å². The Morgan fingerprint density at radius 2 is 2.31 bits per heavy atom. The lowest BCUT2D eigenvalue weighted by atomic mass is 9.59. The summed E-state index contributed by atoms with van der Waals surface area (Å²) in [5, 5.41) is 10.7. The predicted octanol–water partition coefficient (Wildman–Crippen LogP) is 2.05. The van der Waals surface area contributed by atoms with Gasteiger partial charge in [-0.15, -0.1) is 0 Å². The van der Waals surface area contributed by atoms with E-state index in [1.807, 2.05) is 6.92 Å². The summed E-state index contributed by atoms with van der Waals surface area (Å²) in [7, 11) is 1.40. The molecule has 0 aromatic heterocycles. The van der Waals surface area contributed by atoms with Crippen molar-refractivity contribution >= 4 is 5.97 Å². The summed E-state index contributed by atoms with van der Waals surface area (Å²) < 4.78 is 4.80. The molecular weight excluding hydrogens is 204 g/mol. The van der Waals surface area contributed by atoms with Crippen LogP contribution in [0.15, 0.2) is 11.1 Å². The van der Waals surface area contributed by atoms with E-state index in [1.54, 1.807) is 0 Å². The fourth-order valence-corrected chi connectivity index (χ4v) is 3.50. The molecule has 3 heteroatoms. The maximum Gasteiger partial charge on any atom is 0.311 e. The topological polar surface area (TPSA) is 46.5 Å². The molecule has 3 aliphatic carbocycles. The van der Waals surface area contributed by atoms with Crippen molar-refractivity contribution in [2.45, 2.75) is 45.1 Å². The highest BCUT2D eigenvalue weighted by Crippen LogP contribution is 2.52. The first-order valence-electron chi connectivity index (χ1n) is 6.05. The first-order valence-corrected chi connectivity index (χ1v) is 6.05. The summed E-state index contributed by atoms with van der Waals surface area (Å²) in [5.41, 5.74) is 1.44. The highest BCUT2D eigenvalue weighted by Gasteiger charge is 2.52. The second-order valence-electron chi connectivity index (χ2n) is 4.98. The van der Waals surface area contributed by atoms with E-state index < -0.39 is 5.60 Å². The Labute approximate surface area is 96.5 Å². The van der Waals surface area contributed by atoms with Crippen molar-refractivity contribution in [1.29, 1.82) is 0 Å². The molecule has 2 bridgehead atoms. The summed E-state index contributed by atoms with van der Waals surface area (Å²) in [6.45, 7) is 4.09. The zero-order valence-electron chi connectivity index (χ0n) is 10.2. The molecule has 0 saturated heterocycles. The Morgan fingerprint density at radius 3 is 2.88 bits per heavy atom. The zero-order chi connectivity index (χ0) is 11.9. The van der Waals surface area contributed by atoms with Crippen molar-refractivity contribution in [2.24, 2.45) is 11.8 Å². The molecule has 0 heterocycles. The summed E-state index contributed by atoms with van der Waals surface area (Å²) >= 11 is 0. The lowest BCUT2D eigenvalue weighted by Crippen LogP contribution is -2.52. The van der Waals surface area contributed by atoms with Gasteiger partial charge in [0.2, 0.25) is 0 Å². The van der Waals surface area contributed by atoms with E-state index in [-0.39, 0.29) is 11.9 Å². The summed E-state index contributed by atoms with van der Waals surface area (Å²) in [6, 6.07) is 0. The van der Waals surface area contributed by atoms with Gasteiger partial charge >= 0.3 is 5.97 Å². The van der Waals surface area contributed by atoms with Gasteiger partial charge in [-0.3, -0.25) is 4.79 Å². The Balaban J connectivity index is 2.40. The minimum atomic E-state index is -0.937. The van der Waals surface area contributed by atoms with Gasteiger partial charge in [0, 0.05) is 0 Å². The number of fused-ring (bicyclic) bond motifs is 2. The highest BCUT2D eigenvalue weighted by atomic mass is 16.5. The molecule has 0 unspecified atom stereocenters. The van der Waals surface area contributed by atoms with Gasteiger partial charge in [0.1, 0.15) is 0 Å². The largest absolute Gasteiger partial charge is 0.469 e. The first kappa shape index (κ1) is 11.6. The number of carbonyl (C=O) groups is 1. The molecule has 3 atom stereocenters. The van der Waals surface area contributed by atoms with E-state index in [4.69, 9.17) is 4.74 Å². The lowest BCUT2D eigenvalue weighted by Gasteiger charge is -2.49. The second kappa shape index (κ2) is 3.88. The Morgan fingerprint density at radius 1 is 1.62 bits per heavy atom. The number of ether oxygens (including phenoxy) is 1. The van der Waals surface area contributed by atoms with Gasteiger partial charge in [0.05, 0.1) is 18.6 Å². The molecule has 0 amide bonds.